The van der Waals surface area contributed by atoms with Crippen LogP contribution in [0.3, 0.4) is 0 Å². The van der Waals surface area contributed by atoms with E-state index in [1.54, 1.807) is 18.2 Å². The number of phenols is 1. The van der Waals surface area contributed by atoms with Gasteiger partial charge in [-0.3, -0.25) is 4.90 Å². The van der Waals surface area contributed by atoms with Crippen molar-refractivity contribution in [2.24, 2.45) is 0 Å². The first-order chi connectivity index (χ1) is 12.8. The number of alkyl halides is 3. The van der Waals surface area contributed by atoms with Gasteiger partial charge in [-0.25, -0.2) is 0 Å². The summed E-state index contributed by atoms with van der Waals surface area (Å²) < 4.78 is 38.7. The molecule has 0 aliphatic carbocycles. The van der Waals surface area contributed by atoms with Crippen LogP contribution in [0.4, 0.5) is 18.9 Å². The Morgan fingerprint density at radius 1 is 1.00 bits per heavy atom. The van der Waals surface area contributed by atoms with Crippen molar-refractivity contribution in [3.8, 4) is 5.75 Å². The monoisotopic (exact) mass is 378 g/mol. The van der Waals surface area contributed by atoms with Crippen molar-refractivity contribution in [1.82, 2.24) is 4.90 Å². The number of halogens is 3. The van der Waals surface area contributed by atoms with Crippen molar-refractivity contribution >= 4 is 5.69 Å². The van der Waals surface area contributed by atoms with Crippen LogP contribution in [0.1, 0.15) is 24.5 Å². The number of rotatable bonds is 5. The minimum atomic E-state index is -4.30. The Bertz CT molecular complexity index is 738. The number of anilines is 1. The minimum absolute atomic E-state index is 0.275. The van der Waals surface area contributed by atoms with E-state index in [1.807, 2.05) is 17.0 Å². The molecule has 2 aromatic carbocycles. The molecule has 0 aromatic heterocycles. The van der Waals surface area contributed by atoms with Crippen molar-refractivity contribution in [2.45, 2.75) is 32.0 Å². The average Bonchev–Trinajstić information content (AvgIpc) is 2.67. The van der Waals surface area contributed by atoms with E-state index in [2.05, 4.69) is 11.8 Å². The first-order valence-electron chi connectivity index (χ1n) is 9.27. The topological polar surface area (TPSA) is 26.7 Å². The third kappa shape index (κ3) is 5.16. The highest BCUT2D eigenvalue weighted by Gasteiger charge is 2.31. The van der Waals surface area contributed by atoms with Crippen molar-refractivity contribution in [3.05, 3.63) is 59.7 Å². The molecule has 0 spiro atoms. The molecular weight excluding hydrogens is 353 g/mol. The predicted octanol–water partition coefficient (Wildman–Crippen LogP) is 4.55. The maximum Gasteiger partial charge on any atom is 0.416 e. The van der Waals surface area contributed by atoms with Crippen LogP contribution >= 0.6 is 0 Å². The lowest BCUT2D eigenvalue weighted by molar-refractivity contribution is -0.137. The van der Waals surface area contributed by atoms with E-state index in [9.17, 15) is 18.3 Å². The third-order valence-electron chi connectivity index (χ3n) is 5.26. The molecule has 1 fully saturated rings. The van der Waals surface area contributed by atoms with Gasteiger partial charge in [0.15, 0.2) is 0 Å². The summed E-state index contributed by atoms with van der Waals surface area (Å²) >= 11 is 0. The van der Waals surface area contributed by atoms with Gasteiger partial charge in [-0.15, -0.1) is 0 Å². The fourth-order valence-corrected chi connectivity index (χ4v) is 3.52. The molecule has 2 aromatic rings. The number of benzene rings is 2. The highest BCUT2D eigenvalue weighted by atomic mass is 19.4. The van der Waals surface area contributed by atoms with Crippen molar-refractivity contribution in [2.75, 3.05) is 31.1 Å². The molecule has 0 amide bonds. The summed E-state index contributed by atoms with van der Waals surface area (Å²) in [5.74, 6) is 0.275. The summed E-state index contributed by atoms with van der Waals surface area (Å²) in [5, 5.41) is 9.34. The molecule has 6 heteroatoms. The molecule has 1 aliphatic heterocycles. The molecule has 0 saturated carbocycles. The van der Waals surface area contributed by atoms with Crippen molar-refractivity contribution in [1.29, 1.82) is 0 Å². The molecule has 1 aliphatic rings. The van der Waals surface area contributed by atoms with Gasteiger partial charge in [0.2, 0.25) is 0 Å². The van der Waals surface area contributed by atoms with Crippen LogP contribution in [0, 0.1) is 0 Å². The van der Waals surface area contributed by atoms with Gasteiger partial charge in [0.05, 0.1) is 5.56 Å². The third-order valence-corrected chi connectivity index (χ3v) is 5.26. The quantitative estimate of drug-likeness (QED) is 0.827. The van der Waals surface area contributed by atoms with Gasteiger partial charge in [-0.1, -0.05) is 18.2 Å². The molecule has 27 heavy (non-hydrogen) atoms. The first kappa shape index (κ1) is 19.5. The summed E-state index contributed by atoms with van der Waals surface area (Å²) in [6.07, 6.45) is -2.36. The molecule has 1 N–H and O–H groups in total. The Hall–Kier alpha value is -2.21. The van der Waals surface area contributed by atoms with Gasteiger partial charge in [0, 0.05) is 37.9 Å². The minimum Gasteiger partial charge on any atom is -0.508 e. The van der Waals surface area contributed by atoms with Crippen molar-refractivity contribution < 1.29 is 18.3 Å². The Morgan fingerprint density at radius 3 is 2.30 bits per heavy atom. The van der Waals surface area contributed by atoms with Gasteiger partial charge in [0.25, 0.3) is 0 Å². The Labute approximate surface area is 158 Å². The molecule has 3 nitrogen and oxygen atoms in total. The van der Waals surface area contributed by atoms with E-state index in [-0.39, 0.29) is 5.75 Å². The SMILES string of the molecule is C[C@H](CCc1ccc(O)cc1)N1CCN(c2cccc(C(F)(F)F)c2)CC1. The molecule has 1 heterocycles. The van der Waals surface area contributed by atoms with Crippen LogP contribution in [0.5, 0.6) is 5.75 Å². The second-order valence-corrected chi connectivity index (χ2v) is 7.13. The molecule has 1 atom stereocenters. The van der Waals surface area contributed by atoms with E-state index in [1.165, 1.54) is 17.7 Å². The van der Waals surface area contributed by atoms with E-state index < -0.39 is 11.7 Å². The molecular formula is C21H25F3N2O. The van der Waals surface area contributed by atoms with Crippen LogP contribution in [0.2, 0.25) is 0 Å². The average molecular weight is 378 g/mol. The number of piperazine rings is 1. The highest BCUT2D eigenvalue weighted by Crippen LogP contribution is 2.32. The number of hydrogen-bond donors (Lipinski definition) is 1. The van der Waals surface area contributed by atoms with E-state index in [0.29, 0.717) is 11.7 Å². The molecule has 1 saturated heterocycles. The van der Waals surface area contributed by atoms with Crippen LogP contribution < -0.4 is 4.90 Å². The van der Waals surface area contributed by atoms with Crippen molar-refractivity contribution in [3.63, 3.8) is 0 Å². The van der Waals surface area contributed by atoms with Gasteiger partial charge >= 0.3 is 6.18 Å². The smallest absolute Gasteiger partial charge is 0.416 e. The zero-order valence-electron chi connectivity index (χ0n) is 15.4. The van der Waals surface area contributed by atoms with Gasteiger partial charge < -0.3 is 10.0 Å². The number of hydrogen-bond acceptors (Lipinski definition) is 3. The molecule has 0 radical (unpaired) electrons. The lowest BCUT2D eigenvalue weighted by atomic mass is 10.0. The van der Waals surface area contributed by atoms with Crippen LogP contribution in [-0.4, -0.2) is 42.2 Å². The van der Waals surface area contributed by atoms with E-state index >= 15 is 0 Å². The first-order valence-corrected chi connectivity index (χ1v) is 9.27. The maximum atomic E-state index is 12.9. The second kappa shape index (κ2) is 8.21. The van der Waals surface area contributed by atoms with Gasteiger partial charge in [0.1, 0.15) is 5.75 Å². The fraction of sp³-hybridized carbons (Fsp3) is 0.429. The number of nitrogens with zero attached hydrogens (tertiary/aromatic N) is 2. The fourth-order valence-electron chi connectivity index (χ4n) is 3.52. The maximum absolute atomic E-state index is 12.9. The molecule has 0 unspecified atom stereocenters. The van der Waals surface area contributed by atoms with Crippen LogP contribution in [-0.2, 0) is 12.6 Å². The Balaban J connectivity index is 1.51. The number of phenolic OH excluding ortho intramolecular Hbond substituents is 1. The molecule has 146 valence electrons. The largest absolute Gasteiger partial charge is 0.508 e. The summed E-state index contributed by atoms with van der Waals surface area (Å²) in [6, 6.07) is 13.3. The van der Waals surface area contributed by atoms with E-state index in [4.69, 9.17) is 0 Å². The normalized spacial score (nSPS) is 17.1. The van der Waals surface area contributed by atoms with E-state index in [0.717, 1.165) is 45.1 Å². The molecule has 0 bridgehead atoms. The zero-order chi connectivity index (χ0) is 19.4. The number of aromatic hydroxyl groups is 1. The number of aryl methyl sites for hydroxylation is 1. The lowest BCUT2D eigenvalue weighted by Gasteiger charge is -2.39. The summed E-state index contributed by atoms with van der Waals surface area (Å²) in [4.78, 5) is 4.42. The van der Waals surface area contributed by atoms with Gasteiger partial charge in [-0.05, 0) is 55.7 Å². The summed E-state index contributed by atoms with van der Waals surface area (Å²) in [6.45, 7) is 5.33. The second-order valence-electron chi connectivity index (χ2n) is 7.13. The summed E-state index contributed by atoms with van der Waals surface area (Å²) in [5.41, 5.74) is 1.24. The zero-order valence-corrected chi connectivity index (χ0v) is 15.4. The molecule has 3 rings (SSSR count). The Kier molecular flexibility index (Phi) is 5.95. The van der Waals surface area contributed by atoms with Crippen LogP contribution in [0.25, 0.3) is 0 Å². The van der Waals surface area contributed by atoms with Crippen LogP contribution in [0.15, 0.2) is 48.5 Å². The highest BCUT2D eigenvalue weighted by molar-refractivity contribution is 5.49. The lowest BCUT2D eigenvalue weighted by Crippen LogP contribution is -2.49. The predicted molar refractivity (Wildman–Crippen MR) is 101 cm³/mol. The summed E-state index contributed by atoms with van der Waals surface area (Å²) in [7, 11) is 0. The Morgan fingerprint density at radius 2 is 1.67 bits per heavy atom. The standard InChI is InChI=1S/C21H25F3N2O/c1-16(5-6-17-7-9-20(27)10-8-17)25-11-13-26(14-12-25)19-4-2-3-18(15-19)21(22,23)24/h2-4,7-10,15-16,27H,5-6,11-14H2,1H3/t16-/m1/s1. The van der Waals surface area contributed by atoms with Gasteiger partial charge in [-0.2, -0.15) is 13.2 Å².